The molecule has 1 aromatic heterocycles. The number of ether oxygens (including phenoxy) is 1. The van der Waals surface area contributed by atoms with Crippen LogP contribution in [0.2, 0.25) is 0 Å². The smallest absolute Gasteiger partial charge is 0.347 e. The van der Waals surface area contributed by atoms with E-state index in [-0.39, 0.29) is 21.9 Å². The van der Waals surface area contributed by atoms with Crippen LogP contribution in [0.1, 0.15) is 23.0 Å². The molecule has 0 saturated carbocycles. The lowest BCUT2D eigenvalue weighted by molar-refractivity contribution is 0.0698. The fraction of sp³-hybridized carbons (Fsp3) is 0.545. The van der Waals surface area contributed by atoms with Crippen LogP contribution in [0.3, 0.4) is 0 Å². The molecule has 0 spiro atoms. The van der Waals surface area contributed by atoms with Gasteiger partial charge in [0.25, 0.3) is 0 Å². The van der Waals surface area contributed by atoms with E-state index in [1.807, 2.05) is 6.92 Å². The molecule has 2 unspecified atom stereocenters. The van der Waals surface area contributed by atoms with Gasteiger partial charge in [-0.15, -0.1) is 11.3 Å². The van der Waals surface area contributed by atoms with Gasteiger partial charge in [-0.25, -0.2) is 13.2 Å². The molecule has 0 bridgehead atoms. The van der Waals surface area contributed by atoms with Gasteiger partial charge in [-0.2, -0.15) is 4.31 Å². The quantitative estimate of drug-likeness (QED) is 0.905. The standard InChI is InChI=1S/C11H15NO5S2/c1-7-8(3-5-17-7)12(2)19(15,16)9-4-6-18-10(9)11(13)14/h4,6-8H,3,5H2,1-2H3,(H,13,14). The van der Waals surface area contributed by atoms with E-state index in [0.717, 1.165) is 11.3 Å². The van der Waals surface area contributed by atoms with Crippen molar-refractivity contribution in [3.8, 4) is 0 Å². The van der Waals surface area contributed by atoms with Crippen molar-refractivity contribution in [3.05, 3.63) is 16.3 Å². The Labute approximate surface area is 115 Å². The van der Waals surface area contributed by atoms with E-state index in [2.05, 4.69) is 0 Å². The summed E-state index contributed by atoms with van der Waals surface area (Å²) in [6, 6.07) is 1.08. The molecule has 106 valence electrons. The molecule has 2 heterocycles. The molecular formula is C11H15NO5S2. The number of carbonyl (C=O) groups is 1. The van der Waals surface area contributed by atoms with Gasteiger partial charge in [0.1, 0.15) is 9.77 Å². The Morgan fingerprint density at radius 1 is 1.58 bits per heavy atom. The largest absolute Gasteiger partial charge is 0.477 e. The van der Waals surface area contributed by atoms with Crippen LogP contribution in [0.15, 0.2) is 16.3 Å². The van der Waals surface area contributed by atoms with E-state index in [9.17, 15) is 13.2 Å². The van der Waals surface area contributed by atoms with Crippen molar-refractivity contribution in [1.29, 1.82) is 0 Å². The number of likely N-dealkylation sites (N-methyl/N-ethyl adjacent to an activating group) is 1. The fourth-order valence-corrected chi connectivity index (χ4v) is 4.86. The minimum atomic E-state index is -3.80. The molecule has 1 aromatic rings. The van der Waals surface area contributed by atoms with Gasteiger partial charge in [0.2, 0.25) is 10.0 Å². The van der Waals surface area contributed by atoms with Crippen molar-refractivity contribution in [2.45, 2.75) is 30.4 Å². The number of carboxylic acid groups (broad SMARTS) is 1. The lowest BCUT2D eigenvalue weighted by atomic mass is 10.2. The molecule has 0 aromatic carbocycles. The third kappa shape index (κ3) is 2.53. The molecule has 1 aliphatic heterocycles. The number of thiophene rings is 1. The molecule has 2 atom stereocenters. The van der Waals surface area contributed by atoms with Gasteiger partial charge < -0.3 is 9.84 Å². The van der Waals surface area contributed by atoms with Crippen LogP contribution in [0.4, 0.5) is 0 Å². The summed E-state index contributed by atoms with van der Waals surface area (Å²) in [5.41, 5.74) is 0. The zero-order valence-corrected chi connectivity index (χ0v) is 12.2. The van der Waals surface area contributed by atoms with Crippen LogP contribution in [-0.4, -0.2) is 49.6 Å². The van der Waals surface area contributed by atoms with Gasteiger partial charge in [0.15, 0.2) is 0 Å². The van der Waals surface area contributed by atoms with Crippen LogP contribution in [0, 0.1) is 0 Å². The van der Waals surface area contributed by atoms with Gasteiger partial charge in [0, 0.05) is 13.7 Å². The molecule has 1 fully saturated rings. The molecule has 1 saturated heterocycles. The highest BCUT2D eigenvalue weighted by atomic mass is 32.2. The molecule has 0 amide bonds. The normalized spacial score (nSPS) is 23.9. The first-order valence-electron chi connectivity index (χ1n) is 5.76. The number of aromatic carboxylic acids is 1. The molecule has 0 radical (unpaired) electrons. The Kier molecular flexibility index (Phi) is 3.95. The summed E-state index contributed by atoms with van der Waals surface area (Å²) in [7, 11) is -2.34. The fourth-order valence-electron chi connectivity index (χ4n) is 2.19. The minimum absolute atomic E-state index is 0.147. The zero-order valence-electron chi connectivity index (χ0n) is 10.6. The highest BCUT2D eigenvalue weighted by molar-refractivity contribution is 7.89. The number of rotatable bonds is 4. The second-order valence-electron chi connectivity index (χ2n) is 4.37. The summed E-state index contributed by atoms with van der Waals surface area (Å²) in [5.74, 6) is -1.22. The number of nitrogens with zero attached hydrogens (tertiary/aromatic N) is 1. The van der Waals surface area contributed by atoms with E-state index >= 15 is 0 Å². The van der Waals surface area contributed by atoms with Crippen LogP contribution < -0.4 is 0 Å². The van der Waals surface area contributed by atoms with E-state index in [0.29, 0.717) is 13.0 Å². The second kappa shape index (κ2) is 5.20. The van der Waals surface area contributed by atoms with Crippen LogP contribution in [0.25, 0.3) is 0 Å². The number of carboxylic acids is 1. The van der Waals surface area contributed by atoms with Crippen molar-refractivity contribution < 1.29 is 23.1 Å². The summed E-state index contributed by atoms with van der Waals surface area (Å²) in [6.45, 7) is 2.33. The van der Waals surface area contributed by atoms with Crippen molar-refractivity contribution in [3.63, 3.8) is 0 Å². The maximum atomic E-state index is 12.5. The Morgan fingerprint density at radius 2 is 2.26 bits per heavy atom. The van der Waals surface area contributed by atoms with Crippen LogP contribution in [-0.2, 0) is 14.8 Å². The predicted molar refractivity (Wildman–Crippen MR) is 70.0 cm³/mol. The van der Waals surface area contributed by atoms with E-state index in [1.165, 1.54) is 22.8 Å². The summed E-state index contributed by atoms with van der Waals surface area (Å²) >= 11 is 0.909. The third-order valence-corrected chi connectivity index (χ3v) is 6.24. The van der Waals surface area contributed by atoms with Gasteiger partial charge in [-0.3, -0.25) is 0 Å². The maximum absolute atomic E-state index is 12.5. The first-order chi connectivity index (χ1) is 8.85. The van der Waals surface area contributed by atoms with Crippen LogP contribution >= 0.6 is 11.3 Å². The molecule has 6 nitrogen and oxygen atoms in total. The first-order valence-corrected chi connectivity index (χ1v) is 8.08. The zero-order chi connectivity index (χ0) is 14.2. The first kappa shape index (κ1) is 14.4. The third-order valence-electron chi connectivity index (χ3n) is 3.28. The average molecular weight is 305 g/mol. The van der Waals surface area contributed by atoms with Crippen molar-refractivity contribution in [1.82, 2.24) is 4.31 Å². The van der Waals surface area contributed by atoms with Crippen molar-refractivity contribution >= 4 is 27.3 Å². The highest BCUT2D eigenvalue weighted by Gasteiger charge is 2.37. The SMILES string of the molecule is CC1OCCC1N(C)S(=O)(=O)c1ccsc1C(=O)O. The number of sulfonamides is 1. The molecule has 1 N–H and O–H groups in total. The van der Waals surface area contributed by atoms with Crippen molar-refractivity contribution in [2.75, 3.05) is 13.7 Å². The lowest BCUT2D eigenvalue weighted by Crippen LogP contribution is -2.41. The highest BCUT2D eigenvalue weighted by Crippen LogP contribution is 2.29. The molecule has 2 rings (SSSR count). The van der Waals surface area contributed by atoms with Gasteiger partial charge in [-0.1, -0.05) is 0 Å². The Hall–Kier alpha value is -0.960. The second-order valence-corrected chi connectivity index (χ2v) is 7.25. The van der Waals surface area contributed by atoms with Crippen molar-refractivity contribution in [2.24, 2.45) is 0 Å². The minimum Gasteiger partial charge on any atom is -0.477 e. The Bertz CT molecular complexity index is 580. The van der Waals surface area contributed by atoms with Gasteiger partial charge >= 0.3 is 5.97 Å². The predicted octanol–water partition coefficient (Wildman–Crippen LogP) is 1.24. The van der Waals surface area contributed by atoms with Gasteiger partial charge in [-0.05, 0) is 24.8 Å². The summed E-state index contributed by atoms with van der Waals surface area (Å²) in [5, 5.41) is 10.5. The van der Waals surface area contributed by atoms with E-state index < -0.39 is 16.0 Å². The van der Waals surface area contributed by atoms with Gasteiger partial charge in [0.05, 0.1) is 12.1 Å². The molecule has 19 heavy (non-hydrogen) atoms. The number of hydrogen-bond donors (Lipinski definition) is 1. The number of hydrogen-bond acceptors (Lipinski definition) is 5. The maximum Gasteiger partial charge on any atom is 0.347 e. The topological polar surface area (TPSA) is 83.9 Å². The summed E-state index contributed by atoms with van der Waals surface area (Å²) in [4.78, 5) is 10.7. The average Bonchev–Trinajstić information content (AvgIpc) is 2.95. The lowest BCUT2D eigenvalue weighted by Gasteiger charge is -2.25. The Balaban J connectivity index is 2.36. The molecule has 8 heteroatoms. The monoisotopic (exact) mass is 305 g/mol. The molecule has 0 aliphatic carbocycles. The molecular weight excluding hydrogens is 290 g/mol. The van der Waals surface area contributed by atoms with Crippen LogP contribution in [0.5, 0.6) is 0 Å². The summed E-state index contributed by atoms with van der Waals surface area (Å²) < 4.78 is 31.5. The van der Waals surface area contributed by atoms with E-state index in [1.54, 1.807) is 0 Å². The van der Waals surface area contributed by atoms with E-state index in [4.69, 9.17) is 9.84 Å². The Morgan fingerprint density at radius 3 is 2.79 bits per heavy atom. The summed E-state index contributed by atoms with van der Waals surface area (Å²) in [6.07, 6.45) is 0.426. The molecule has 1 aliphatic rings.